The number of anilines is 3. The lowest BCUT2D eigenvalue weighted by atomic mass is 9.73. The van der Waals surface area contributed by atoms with Crippen LogP contribution in [-0.2, 0) is 32.2 Å². The number of benzene rings is 3. The van der Waals surface area contributed by atoms with E-state index in [0.29, 0.717) is 53.0 Å². The summed E-state index contributed by atoms with van der Waals surface area (Å²) in [7, 11) is 4.11. The Morgan fingerprint density at radius 2 is 1.52 bits per heavy atom. The van der Waals surface area contributed by atoms with Crippen LogP contribution in [0.1, 0.15) is 160 Å². The molecule has 2 bridgehead atoms. The lowest BCUT2D eigenvalue weighted by molar-refractivity contribution is -0.183. The number of ether oxygens (including phenoxy) is 2. The average molecular weight is 996 g/mol. The molecule has 0 spiro atoms. The number of aryl methyl sites for hydroxylation is 1. The molecule has 3 aromatic carbocycles. The van der Waals surface area contributed by atoms with Crippen molar-refractivity contribution < 1.29 is 28.7 Å². The number of aromatic nitrogens is 2. The van der Waals surface area contributed by atoms with E-state index in [4.69, 9.17) is 20.9 Å². The molecule has 15 nitrogen and oxygen atoms in total. The summed E-state index contributed by atoms with van der Waals surface area (Å²) in [6.45, 7) is 16.0. The van der Waals surface area contributed by atoms with Gasteiger partial charge in [-0.2, -0.15) is 0 Å². The second kappa shape index (κ2) is 23.7. The molecule has 1 saturated heterocycles. The van der Waals surface area contributed by atoms with Crippen molar-refractivity contribution in [1.82, 2.24) is 25.9 Å². The summed E-state index contributed by atoms with van der Waals surface area (Å²) in [5.74, 6) is -1.20. The monoisotopic (exact) mass is 996 g/mol. The van der Waals surface area contributed by atoms with E-state index < -0.39 is 29.3 Å². The number of carbonyl (C=O) groups excluding carboxylic acids is 4. The molecular formula is C58H77N9O6. The number of nitrogens with one attached hydrogen (secondary N) is 4. The van der Waals surface area contributed by atoms with Gasteiger partial charge in [0.05, 0.1) is 46.8 Å². The van der Waals surface area contributed by atoms with E-state index in [1.165, 1.54) is 5.69 Å². The molecule has 4 heterocycles. The summed E-state index contributed by atoms with van der Waals surface area (Å²) in [5.41, 5.74) is 18.7. The first kappa shape index (κ1) is 54.5. The van der Waals surface area contributed by atoms with Gasteiger partial charge in [-0.3, -0.25) is 29.1 Å². The van der Waals surface area contributed by atoms with Crippen molar-refractivity contribution in [3.05, 3.63) is 124 Å². The van der Waals surface area contributed by atoms with Gasteiger partial charge in [-0.1, -0.05) is 75.9 Å². The van der Waals surface area contributed by atoms with Crippen LogP contribution in [0.25, 0.3) is 10.8 Å². The SMILES string of the molecule is CCCC(C)(N)CNC(=O)CCC(=O)OC1C(C)OC2CC1(C)Nc1c2ccc2c1C(=O)c1ccc3cc(C)ccc3c1C2=O.CCCC(NCc1cc(N)ccn1)C(CCC)NCc1cc(N(C)C)ccn1. The van der Waals surface area contributed by atoms with Crippen LogP contribution in [0, 0.1) is 6.92 Å². The van der Waals surface area contributed by atoms with Gasteiger partial charge in [0, 0.05) is 110 Å². The van der Waals surface area contributed by atoms with Crippen LogP contribution in [0.15, 0.2) is 79.1 Å². The number of ketones is 2. The van der Waals surface area contributed by atoms with Gasteiger partial charge in [0.25, 0.3) is 0 Å². The molecule has 2 aromatic heterocycles. The van der Waals surface area contributed by atoms with Crippen LogP contribution in [-0.4, -0.2) is 89.4 Å². The van der Waals surface area contributed by atoms with Crippen molar-refractivity contribution in [3.8, 4) is 0 Å². The minimum Gasteiger partial charge on any atom is -0.457 e. The fraction of sp³-hybridized carbons (Fsp3) is 0.483. The zero-order chi connectivity index (χ0) is 52.6. The maximum Gasteiger partial charge on any atom is 0.306 e. The minimum atomic E-state index is -0.783. The molecule has 7 unspecified atom stereocenters. The molecule has 1 fully saturated rings. The molecule has 1 aliphatic carbocycles. The van der Waals surface area contributed by atoms with Crippen LogP contribution in [0.5, 0.6) is 0 Å². The van der Waals surface area contributed by atoms with Gasteiger partial charge in [0.2, 0.25) is 5.91 Å². The smallest absolute Gasteiger partial charge is 0.306 e. The Morgan fingerprint density at radius 3 is 2.18 bits per heavy atom. The molecule has 390 valence electrons. The highest BCUT2D eigenvalue weighted by Crippen LogP contribution is 2.50. The predicted octanol–water partition coefficient (Wildman–Crippen LogP) is 8.63. The van der Waals surface area contributed by atoms with Gasteiger partial charge >= 0.3 is 5.97 Å². The fourth-order valence-electron chi connectivity index (χ4n) is 10.7. The number of amides is 1. The van der Waals surface area contributed by atoms with Crippen LogP contribution < -0.4 is 37.6 Å². The third-order valence-electron chi connectivity index (χ3n) is 14.4. The standard InChI is InChI=1S/C36H41N3O6.C22H36N6/c1-6-15-35(4,37)18-38-27(40)13-14-28(41)45-34-20(3)44-26-17-36(34,5)39-31-23(26)11-12-25-30(31)33(43)24-10-8-21-16-19(2)7-9-22(21)29(24)32(25)42;1-5-7-21(26-15-18-13-17(23)9-11-24-18)22(8-6-2)27-16-19-14-20(28(3)4)10-12-25-19/h7-12,16,20,26,34,39H,6,13-15,17-18,37H2,1-5H3,(H,38,40);9-14,21-22,26-27H,5-8,15-16H2,1-4H3,(H2,23,24). The van der Waals surface area contributed by atoms with Gasteiger partial charge in [0.1, 0.15) is 0 Å². The van der Waals surface area contributed by atoms with E-state index in [-0.39, 0.29) is 36.4 Å². The number of rotatable bonds is 20. The highest BCUT2D eigenvalue weighted by atomic mass is 16.6. The van der Waals surface area contributed by atoms with Crippen LogP contribution in [0.2, 0.25) is 0 Å². The van der Waals surface area contributed by atoms with Crippen molar-refractivity contribution in [3.63, 3.8) is 0 Å². The number of hydrogen-bond donors (Lipinski definition) is 6. The van der Waals surface area contributed by atoms with Crippen LogP contribution >= 0.6 is 0 Å². The second-order valence-corrected chi connectivity index (χ2v) is 21.0. The van der Waals surface area contributed by atoms with E-state index in [9.17, 15) is 19.2 Å². The molecule has 2 aliphatic heterocycles. The maximum atomic E-state index is 14.1. The number of carbonyl (C=O) groups is 4. The molecule has 3 aliphatic rings. The molecule has 8 rings (SSSR count). The predicted molar refractivity (Wildman–Crippen MR) is 290 cm³/mol. The second-order valence-electron chi connectivity index (χ2n) is 21.0. The van der Waals surface area contributed by atoms with Crippen molar-refractivity contribution >= 4 is 51.3 Å². The minimum absolute atomic E-state index is 0.0175. The number of esters is 1. The van der Waals surface area contributed by atoms with E-state index in [2.05, 4.69) is 70.1 Å². The largest absolute Gasteiger partial charge is 0.457 e. The van der Waals surface area contributed by atoms with Crippen molar-refractivity contribution in [1.29, 1.82) is 0 Å². The molecule has 1 amide bonds. The average Bonchev–Trinajstić information content (AvgIpc) is 3.35. The van der Waals surface area contributed by atoms with Crippen LogP contribution in [0.3, 0.4) is 0 Å². The number of fused-ring (bicyclic) bond motifs is 9. The third kappa shape index (κ3) is 12.9. The number of nitrogen functional groups attached to an aromatic ring is 1. The summed E-state index contributed by atoms with van der Waals surface area (Å²) < 4.78 is 12.3. The summed E-state index contributed by atoms with van der Waals surface area (Å²) in [6, 6.07) is 21.8. The molecule has 8 N–H and O–H groups in total. The number of pyridine rings is 2. The fourth-order valence-corrected chi connectivity index (χ4v) is 10.7. The highest BCUT2D eigenvalue weighted by molar-refractivity contribution is 6.33. The van der Waals surface area contributed by atoms with Crippen molar-refractivity contribution in [2.75, 3.05) is 36.6 Å². The molecule has 15 heteroatoms. The van der Waals surface area contributed by atoms with Gasteiger partial charge in [-0.25, -0.2) is 0 Å². The molecule has 5 aromatic rings. The zero-order valence-electron chi connectivity index (χ0n) is 44.3. The third-order valence-corrected chi connectivity index (χ3v) is 14.4. The van der Waals surface area contributed by atoms with Crippen LogP contribution in [0.4, 0.5) is 17.1 Å². The normalized spacial score (nSPS) is 20.2. The molecule has 0 radical (unpaired) electrons. The topological polar surface area (TPSA) is 216 Å². The number of nitrogens with zero attached hydrogens (tertiary/aromatic N) is 3. The summed E-state index contributed by atoms with van der Waals surface area (Å²) in [5, 5.41) is 15.5. The first-order chi connectivity index (χ1) is 34.8. The van der Waals surface area contributed by atoms with Crippen molar-refractivity contribution in [2.24, 2.45) is 5.73 Å². The summed E-state index contributed by atoms with van der Waals surface area (Å²) in [6.07, 6.45) is 8.73. The maximum absolute atomic E-state index is 14.1. The molecule has 0 saturated carbocycles. The zero-order valence-corrected chi connectivity index (χ0v) is 44.3. The number of nitrogens with two attached hydrogens (primary N) is 2. The quantitative estimate of drug-likeness (QED) is 0.0395. The van der Waals surface area contributed by atoms with Gasteiger partial charge in [0.15, 0.2) is 17.7 Å². The van der Waals surface area contributed by atoms with E-state index >= 15 is 0 Å². The number of hydrogen-bond acceptors (Lipinski definition) is 14. The van der Waals surface area contributed by atoms with Crippen molar-refractivity contribution in [2.45, 2.75) is 161 Å². The molecular weight excluding hydrogens is 919 g/mol. The van der Waals surface area contributed by atoms with Gasteiger partial charge in [-0.15, -0.1) is 0 Å². The Balaban J connectivity index is 0.000000240. The first-order valence-electron chi connectivity index (χ1n) is 26.1. The summed E-state index contributed by atoms with van der Waals surface area (Å²) >= 11 is 0. The Morgan fingerprint density at radius 1 is 0.877 bits per heavy atom. The Bertz CT molecular complexity index is 2800. The van der Waals surface area contributed by atoms with E-state index in [1.807, 2.05) is 89.3 Å². The lowest BCUT2D eigenvalue weighted by Gasteiger charge is -2.52. The van der Waals surface area contributed by atoms with Gasteiger partial charge in [-0.05, 0) is 94.1 Å². The molecule has 7 atom stereocenters. The lowest BCUT2D eigenvalue weighted by Crippen LogP contribution is -2.61. The van der Waals surface area contributed by atoms with Gasteiger partial charge < -0.3 is 47.1 Å². The Labute approximate surface area is 431 Å². The van der Waals surface area contributed by atoms with E-state index in [1.54, 1.807) is 18.3 Å². The first-order valence-corrected chi connectivity index (χ1v) is 26.1. The summed E-state index contributed by atoms with van der Waals surface area (Å²) in [4.78, 5) is 64.6. The Kier molecular flexibility index (Phi) is 17.7. The van der Waals surface area contributed by atoms with E-state index in [0.717, 1.165) is 90.6 Å². The Hall–Kier alpha value is -6.26. The highest BCUT2D eigenvalue weighted by Gasteiger charge is 2.53. The molecule has 73 heavy (non-hydrogen) atoms.